The van der Waals surface area contributed by atoms with Gasteiger partial charge in [-0.1, -0.05) is 76.2 Å². The summed E-state index contributed by atoms with van der Waals surface area (Å²) < 4.78 is 53.8. The smallest absolute Gasteiger partial charge is 0.407 e. The molecule has 0 saturated carbocycles. The van der Waals surface area contributed by atoms with Crippen LogP contribution < -0.4 is 27.0 Å². The number of ether oxygens (including phenoxy) is 2. The lowest BCUT2D eigenvalue weighted by Gasteiger charge is -2.37. The van der Waals surface area contributed by atoms with E-state index in [0.29, 0.717) is 29.9 Å². The minimum atomic E-state index is -1.34. The minimum Gasteiger partial charge on any atom is -0.453 e. The zero-order valence-electron chi connectivity index (χ0n) is 36.9. The number of primary amides is 2. The summed E-state index contributed by atoms with van der Waals surface area (Å²) in [5.41, 5.74) is 12.4. The summed E-state index contributed by atoms with van der Waals surface area (Å²) in [6, 6.07) is 16.8. The first-order valence-electron chi connectivity index (χ1n) is 20.9. The Morgan fingerprint density at radius 2 is 1.02 bits per heavy atom. The third-order valence-electron chi connectivity index (χ3n) is 11.9. The summed E-state index contributed by atoms with van der Waals surface area (Å²) in [4.78, 5) is 81.3. The fourth-order valence-electron chi connectivity index (χ4n) is 8.68. The van der Waals surface area contributed by atoms with Gasteiger partial charge in [0, 0.05) is 55.3 Å². The molecule has 2 heterocycles. The molecule has 0 spiro atoms. The normalized spacial score (nSPS) is 19.6. The minimum absolute atomic E-state index is 0.0149. The van der Waals surface area contributed by atoms with Crippen LogP contribution in [0.2, 0.25) is 0 Å². The highest BCUT2D eigenvalue weighted by Crippen LogP contribution is 2.39. The van der Waals surface area contributed by atoms with Crippen LogP contribution in [-0.2, 0) is 41.7 Å². The quantitative estimate of drug-likeness (QED) is 0.135. The van der Waals surface area contributed by atoms with Crippen molar-refractivity contribution < 1.29 is 51.4 Å². The number of alkyl halides is 2. The molecule has 2 aliphatic rings. The van der Waals surface area contributed by atoms with Crippen molar-refractivity contribution in [3.8, 4) is 0 Å². The van der Waals surface area contributed by atoms with Gasteiger partial charge in [0.05, 0.1) is 39.4 Å². The first-order valence-corrected chi connectivity index (χ1v) is 20.9. The van der Waals surface area contributed by atoms with E-state index in [1.165, 1.54) is 21.9 Å². The first-order chi connectivity index (χ1) is 30.1. The van der Waals surface area contributed by atoms with Crippen molar-refractivity contribution in [1.29, 1.82) is 0 Å². The van der Waals surface area contributed by atoms with Crippen LogP contribution in [0.25, 0.3) is 0 Å². The largest absolute Gasteiger partial charge is 0.453 e. The number of hydrogen-bond donors (Lipinski definition) is 4. The van der Waals surface area contributed by atoms with Gasteiger partial charge in [-0.15, -0.1) is 0 Å². The molecule has 18 heteroatoms. The van der Waals surface area contributed by atoms with Crippen LogP contribution in [-0.4, -0.2) is 97.4 Å². The number of carbonyl (C=O) groups is 6. The molecule has 0 aliphatic carbocycles. The lowest BCUT2D eigenvalue weighted by Crippen LogP contribution is -2.56. The zero-order valence-corrected chi connectivity index (χ0v) is 36.9. The second kappa shape index (κ2) is 20.5. The van der Waals surface area contributed by atoms with E-state index in [4.69, 9.17) is 20.9 Å². The standard InChI is InChI=1S/C46H58F3N7O8/c1-45(2,21-37(50)57)39(52-43(61)63-5)41(59)55-25-32(48)19-35(55)29-11-7-27(8-12-29)23-54(34-17-15-31(47)16-18-34)24-28-9-13-30(14-10-28)36-20-33(49)26-56(36)42(60)40(53-44(62)64-6)46(3,4)22-38(51)58/h7-18,32-33,35-36,39-40H,19-26H2,1-6H3,(H2,50,57)(H2,51,58)(H,52,61)(H,53,62)/t32-,33-,35+,36+,39-,40-/m1/s1. The Morgan fingerprint density at radius 3 is 1.34 bits per heavy atom. The van der Waals surface area contributed by atoms with Gasteiger partial charge in [-0.3, -0.25) is 19.2 Å². The molecule has 6 atom stereocenters. The monoisotopic (exact) mass is 893 g/mol. The lowest BCUT2D eigenvalue weighted by molar-refractivity contribution is -0.139. The summed E-state index contributed by atoms with van der Waals surface area (Å²) in [5, 5.41) is 5.04. The van der Waals surface area contributed by atoms with E-state index in [9.17, 15) is 33.2 Å². The van der Waals surface area contributed by atoms with E-state index in [1.807, 2.05) is 29.2 Å². The first kappa shape index (κ1) is 48.7. The molecule has 6 amide bonds. The Kier molecular flexibility index (Phi) is 15.6. The third kappa shape index (κ3) is 12.0. The Bertz CT molecular complexity index is 2030. The van der Waals surface area contributed by atoms with Crippen molar-refractivity contribution in [2.45, 2.75) is 103 Å². The number of benzene rings is 3. The van der Waals surface area contributed by atoms with Crippen LogP contribution in [0.4, 0.5) is 28.4 Å². The molecule has 15 nitrogen and oxygen atoms in total. The number of anilines is 1. The number of amides is 6. The number of nitrogens with one attached hydrogen (secondary N) is 2. The van der Waals surface area contributed by atoms with Crippen LogP contribution in [0.3, 0.4) is 0 Å². The average molecular weight is 894 g/mol. The van der Waals surface area contributed by atoms with Gasteiger partial charge in [0.15, 0.2) is 0 Å². The van der Waals surface area contributed by atoms with Crippen molar-refractivity contribution in [2.75, 3.05) is 32.2 Å². The van der Waals surface area contributed by atoms with Crippen LogP contribution in [0.5, 0.6) is 0 Å². The van der Waals surface area contributed by atoms with Crippen molar-refractivity contribution >= 4 is 41.5 Å². The van der Waals surface area contributed by atoms with E-state index in [0.717, 1.165) is 25.3 Å². The molecule has 5 rings (SSSR count). The van der Waals surface area contributed by atoms with Crippen LogP contribution >= 0.6 is 0 Å². The zero-order chi connectivity index (χ0) is 47.1. The number of likely N-dealkylation sites (tertiary alicyclic amines) is 2. The van der Waals surface area contributed by atoms with Crippen molar-refractivity contribution in [2.24, 2.45) is 22.3 Å². The molecule has 0 bridgehead atoms. The summed E-state index contributed by atoms with van der Waals surface area (Å²) >= 11 is 0. The van der Waals surface area contributed by atoms with Gasteiger partial charge in [-0.05, 0) is 46.5 Å². The highest BCUT2D eigenvalue weighted by atomic mass is 19.1. The van der Waals surface area contributed by atoms with Gasteiger partial charge in [-0.25, -0.2) is 22.8 Å². The fourth-order valence-corrected chi connectivity index (χ4v) is 8.68. The van der Waals surface area contributed by atoms with Crippen LogP contribution in [0.15, 0.2) is 72.8 Å². The number of rotatable bonds is 17. The number of hydrogen-bond acceptors (Lipinski definition) is 9. The molecular weight excluding hydrogens is 836 g/mol. The molecule has 6 N–H and O–H groups in total. The second-order valence-corrected chi connectivity index (χ2v) is 17.9. The Morgan fingerprint density at radius 1 is 0.656 bits per heavy atom. The van der Waals surface area contributed by atoms with Gasteiger partial charge in [-0.2, -0.15) is 0 Å². The molecule has 346 valence electrons. The Hall–Kier alpha value is -6.33. The number of nitrogens with two attached hydrogens (primary N) is 2. The van der Waals surface area contributed by atoms with Gasteiger partial charge in [0.2, 0.25) is 23.6 Å². The number of carbonyl (C=O) groups excluding carboxylic acids is 6. The molecule has 2 saturated heterocycles. The second-order valence-electron chi connectivity index (χ2n) is 17.9. The summed E-state index contributed by atoms with van der Waals surface area (Å²) in [7, 11) is 2.29. The SMILES string of the molecule is COC(=O)N[C@H](C(=O)N1C[C@H](F)C[C@H]1c1ccc(CN(Cc2ccc([C@@H]3C[C@@H](F)CN3C(=O)[C@@H](NC(=O)OC)C(C)(C)CC(N)=O)cc2)c2ccc(F)cc2)cc1)C(C)(C)CC(N)=O. The van der Waals surface area contributed by atoms with E-state index in [-0.39, 0.29) is 38.8 Å². The van der Waals surface area contributed by atoms with Crippen molar-refractivity contribution in [3.63, 3.8) is 0 Å². The van der Waals surface area contributed by atoms with Gasteiger partial charge in [0.1, 0.15) is 30.2 Å². The van der Waals surface area contributed by atoms with Gasteiger partial charge < -0.3 is 46.3 Å². The predicted molar refractivity (Wildman–Crippen MR) is 231 cm³/mol. The number of alkyl carbamates (subject to hydrolysis) is 2. The maximum absolute atomic E-state index is 15.1. The molecule has 0 radical (unpaired) electrons. The predicted octanol–water partition coefficient (Wildman–Crippen LogP) is 5.51. The van der Waals surface area contributed by atoms with E-state index in [2.05, 4.69) is 10.6 Å². The molecule has 3 aromatic rings. The van der Waals surface area contributed by atoms with E-state index < -0.39 is 89.0 Å². The summed E-state index contributed by atoms with van der Waals surface area (Å²) in [6.45, 7) is 6.69. The molecular formula is C46H58F3N7O8. The van der Waals surface area contributed by atoms with Crippen molar-refractivity contribution in [3.05, 3.63) is 101 Å². The molecule has 2 aliphatic heterocycles. The van der Waals surface area contributed by atoms with Crippen LogP contribution in [0, 0.1) is 16.6 Å². The molecule has 3 aromatic carbocycles. The van der Waals surface area contributed by atoms with Crippen LogP contribution in [0.1, 0.15) is 87.7 Å². The Labute approximate surface area is 371 Å². The maximum Gasteiger partial charge on any atom is 0.407 e. The molecule has 64 heavy (non-hydrogen) atoms. The summed E-state index contributed by atoms with van der Waals surface area (Å²) in [6.07, 6.45) is -4.90. The van der Waals surface area contributed by atoms with E-state index in [1.54, 1.807) is 64.1 Å². The molecule has 0 unspecified atom stereocenters. The summed E-state index contributed by atoms with van der Waals surface area (Å²) in [5.74, 6) is -2.93. The average Bonchev–Trinajstić information content (AvgIpc) is 3.83. The number of halogens is 3. The van der Waals surface area contributed by atoms with Crippen molar-refractivity contribution in [1.82, 2.24) is 20.4 Å². The molecule has 0 aromatic heterocycles. The third-order valence-corrected chi connectivity index (χ3v) is 11.9. The maximum atomic E-state index is 15.1. The fraction of sp³-hybridized carbons (Fsp3) is 0.478. The molecule has 2 fully saturated rings. The van der Waals surface area contributed by atoms with E-state index >= 15 is 8.78 Å². The highest BCUT2D eigenvalue weighted by Gasteiger charge is 2.47. The number of nitrogens with zero attached hydrogens (tertiary/aromatic N) is 3. The highest BCUT2D eigenvalue weighted by molar-refractivity contribution is 5.89. The number of methoxy groups -OCH3 is 2. The van der Waals surface area contributed by atoms with Gasteiger partial charge >= 0.3 is 12.2 Å². The topological polar surface area (TPSA) is 207 Å². The Balaban J connectivity index is 1.36. The lowest BCUT2D eigenvalue weighted by atomic mass is 9.80. The van der Waals surface area contributed by atoms with Gasteiger partial charge in [0.25, 0.3) is 0 Å².